The third kappa shape index (κ3) is 2.80. The maximum Gasteiger partial charge on any atom is 0.311 e. The molecule has 0 aliphatic rings. The van der Waals surface area contributed by atoms with Gasteiger partial charge in [0.15, 0.2) is 0 Å². The maximum absolute atomic E-state index is 10.9. The Hall–Kier alpha value is -1.84. The lowest BCUT2D eigenvalue weighted by atomic mass is 9.96. The van der Waals surface area contributed by atoms with E-state index in [0.717, 1.165) is 0 Å². The van der Waals surface area contributed by atoms with Gasteiger partial charge in [-0.15, -0.1) is 0 Å². The van der Waals surface area contributed by atoms with E-state index < -0.39 is 11.9 Å². The molecule has 1 N–H and O–H groups in total. The molecule has 15 heavy (non-hydrogen) atoms. The summed E-state index contributed by atoms with van der Waals surface area (Å²) in [6.07, 6.45) is 0.602. The van der Waals surface area contributed by atoms with Crippen LogP contribution in [0.4, 0.5) is 0 Å². The van der Waals surface area contributed by atoms with Crippen LogP contribution in [-0.4, -0.2) is 24.5 Å². The smallest absolute Gasteiger partial charge is 0.311 e. The first-order valence-corrected chi connectivity index (χ1v) is 4.49. The molecule has 0 spiro atoms. The van der Waals surface area contributed by atoms with Crippen LogP contribution in [0.15, 0.2) is 24.3 Å². The van der Waals surface area contributed by atoms with Crippen LogP contribution in [-0.2, 0) is 9.59 Å². The van der Waals surface area contributed by atoms with Crippen molar-refractivity contribution in [3.63, 3.8) is 0 Å². The second-order valence-electron chi connectivity index (χ2n) is 3.07. The molecule has 0 bridgehead atoms. The van der Waals surface area contributed by atoms with Crippen molar-refractivity contribution in [1.82, 2.24) is 0 Å². The highest BCUT2D eigenvalue weighted by Crippen LogP contribution is 2.21. The van der Waals surface area contributed by atoms with E-state index in [-0.39, 0.29) is 6.42 Å². The monoisotopic (exact) mass is 208 g/mol. The number of rotatable bonds is 5. The molecule has 0 aliphatic heterocycles. The van der Waals surface area contributed by atoms with Gasteiger partial charge in [-0.1, -0.05) is 12.1 Å². The summed E-state index contributed by atoms with van der Waals surface area (Å²) in [6, 6.07) is 6.66. The summed E-state index contributed by atoms with van der Waals surface area (Å²) in [5.74, 6) is -1.10. The highest BCUT2D eigenvalue weighted by atomic mass is 16.5. The van der Waals surface area contributed by atoms with Gasteiger partial charge in [-0.2, -0.15) is 0 Å². The summed E-state index contributed by atoms with van der Waals surface area (Å²) < 4.78 is 4.95. The Balaban J connectivity index is 2.91. The molecule has 1 rings (SSSR count). The summed E-state index contributed by atoms with van der Waals surface area (Å²) in [4.78, 5) is 21.2. The number of carbonyl (C=O) groups is 2. The lowest BCUT2D eigenvalue weighted by Gasteiger charge is -2.09. The lowest BCUT2D eigenvalue weighted by molar-refractivity contribution is -0.139. The predicted octanol–water partition coefficient (Wildman–Crippen LogP) is 1.45. The molecule has 1 aromatic carbocycles. The third-order valence-electron chi connectivity index (χ3n) is 2.15. The summed E-state index contributed by atoms with van der Waals surface area (Å²) in [6.45, 7) is 0. The van der Waals surface area contributed by atoms with Crippen molar-refractivity contribution in [2.45, 2.75) is 12.3 Å². The average molecular weight is 208 g/mol. The molecule has 1 atom stereocenters. The zero-order valence-electron chi connectivity index (χ0n) is 8.34. The van der Waals surface area contributed by atoms with E-state index in [1.807, 2.05) is 0 Å². The molecule has 0 fully saturated rings. The van der Waals surface area contributed by atoms with E-state index in [0.29, 0.717) is 17.6 Å². The van der Waals surface area contributed by atoms with E-state index in [2.05, 4.69) is 0 Å². The van der Waals surface area contributed by atoms with Gasteiger partial charge in [-0.05, 0) is 17.7 Å². The van der Waals surface area contributed by atoms with Gasteiger partial charge >= 0.3 is 5.97 Å². The van der Waals surface area contributed by atoms with E-state index in [9.17, 15) is 9.59 Å². The van der Waals surface area contributed by atoms with Crippen LogP contribution in [0, 0.1) is 0 Å². The van der Waals surface area contributed by atoms with Crippen LogP contribution >= 0.6 is 0 Å². The van der Waals surface area contributed by atoms with Crippen molar-refractivity contribution < 1.29 is 19.4 Å². The highest BCUT2D eigenvalue weighted by Gasteiger charge is 2.18. The van der Waals surface area contributed by atoms with Crippen LogP contribution in [0.1, 0.15) is 17.9 Å². The van der Waals surface area contributed by atoms with Crippen LogP contribution in [0.25, 0.3) is 0 Å². The lowest BCUT2D eigenvalue weighted by Crippen LogP contribution is -2.11. The Bertz CT molecular complexity index is 342. The molecule has 0 saturated heterocycles. The van der Waals surface area contributed by atoms with Crippen LogP contribution in [0.2, 0.25) is 0 Å². The van der Waals surface area contributed by atoms with Gasteiger partial charge in [-0.3, -0.25) is 4.79 Å². The largest absolute Gasteiger partial charge is 0.497 e. The van der Waals surface area contributed by atoms with Crippen molar-refractivity contribution in [3.05, 3.63) is 29.8 Å². The number of aldehydes is 1. The number of benzene rings is 1. The predicted molar refractivity (Wildman–Crippen MR) is 54.1 cm³/mol. The van der Waals surface area contributed by atoms with Gasteiger partial charge < -0.3 is 14.6 Å². The van der Waals surface area contributed by atoms with E-state index in [1.54, 1.807) is 24.3 Å². The third-order valence-corrected chi connectivity index (χ3v) is 2.15. The molecule has 80 valence electrons. The number of carboxylic acid groups (broad SMARTS) is 1. The molecule has 0 saturated carbocycles. The van der Waals surface area contributed by atoms with Gasteiger partial charge in [0.1, 0.15) is 12.0 Å². The zero-order valence-corrected chi connectivity index (χ0v) is 8.34. The van der Waals surface area contributed by atoms with Crippen molar-refractivity contribution in [1.29, 1.82) is 0 Å². The quantitative estimate of drug-likeness (QED) is 0.744. The first kappa shape index (κ1) is 11.2. The van der Waals surface area contributed by atoms with Crippen molar-refractivity contribution in [3.8, 4) is 5.75 Å². The molecule has 1 aromatic rings. The average Bonchev–Trinajstić information content (AvgIpc) is 2.26. The molecule has 0 aliphatic carbocycles. The molecule has 0 aromatic heterocycles. The summed E-state index contributed by atoms with van der Waals surface area (Å²) >= 11 is 0. The molecule has 4 nitrogen and oxygen atoms in total. The van der Waals surface area contributed by atoms with Crippen molar-refractivity contribution in [2.75, 3.05) is 7.11 Å². The number of methoxy groups -OCH3 is 1. The maximum atomic E-state index is 10.9. The summed E-state index contributed by atoms with van der Waals surface area (Å²) in [7, 11) is 1.54. The SMILES string of the molecule is COc1ccc(C(CC=O)C(=O)O)cc1. The van der Waals surface area contributed by atoms with Gasteiger partial charge in [0.2, 0.25) is 0 Å². The number of ether oxygens (including phenoxy) is 1. The summed E-state index contributed by atoms with van der Waals surface area (Å²) in [5, 5.41) is 8.89. The van der Waals surface area contributed by atoms with Gasteiger partial charge in [0.05, 0.1) is 13.0 Å². The molecular formula is C11H12O4. The molecular weight excluding hydrogens is 196 g/mol. The number of carbonyl (C=O) groups excluding carboxylic acids is 1. The van der Waals surface area contributed by atoms with E-state index >= 15 is 0 Å². The fourth-order valence-electron chi connectivity index (χ4n) is 1.31. The minimum absolute atomic E-state index is 0.0122. The van der Waals surface area contributed by atoms with Crippen LogP contribution in [0.5, 0.6) is 5.75 Å². The number of aliphatic carboxylic acids is 1. The highest BCUT2D eigenvalue weighted by molar-refractivity contribution is 5.79. The summed E-state index contributed by atoms with van der Waals surface area (Å²) in [5.41, 5.74) is 0.607. The van der Waals surface area contributed by atoms with E-state index in [4.69, 9.17) is 9.84 Å². The van der Waals surface area contributed by atoms with Crippen LogP contribution < -0.4 is 4.74 Å². The molecule has 4 heteroatoms. The fraction of sp³-hybridized carbons (Fsp3) is 0.273. The van der Waals surface area contributed by atoms with Crippen LogP contribution in [0.3, 0.4) is 0 Å². The molecule has 1 unspecified atom stereocenters. The Labute approximate surface area is 87.5 Å². The first-order valence-electron chi connectivity index (χ1n) is 4.49. The van der Waals surface area contributed by atoms with Gasteiger partial charge in [-0.25, -0.2) is 0 Å². The molecule has 0 amide bonds. The first-order chi connectivity index (χ1) is 7.19. The zero-order chi connectivity index (χ0) is 11.3. The molecule has 0 heterocycles. The normalized spacial score (nSPS) is 11.8. The second-order valence-corrected chi connectivity index (χ2v) is 3.07. The second kappa shape index (κ2) is 5.14. The van der Waals surface area contributed by atoms with Gasteiger partial charge in [0, 0.05) is 6.42 Å². The Morgan fingerprint density at radius 1 is 1.47 bits per heavy atom. The number of carboxylic acids is 1. The molecule has 0 radical (unpaired) electrons. The Morgan fingerprint density at radius 3 is 2.47 bits per heavy atom. The van der Waals surface area contributed by atoms with Gasteiger partial charge in [0.25, 0.3) is 0 Å². The number of hydrogen-bond acceptors (Lipinski definition) is 3. The Morgan fingerprint density at radius 2 is 2.07 bits per heavy atom. The fourth-order valence-corrected chi connectivity index (χ4v) is 1.31. The minimum atomic E-state index is -0.993. The van der Waals surface area contributed by atoms with E-state index in [1.165, 1.54) is 7.11 Å². The minimum Gasteiger partial charge on any atom is -0.497 e. The number of hydrogen-bond donors (Lipinski definition) is 1. The van der Waals surface area contributed by atoms with Crippen molar-refractivity contribution >= 4 is 12.3 Å². The standard InChI is InChI=1S/C11H12O4/c1-15-9-4-2-8(3-5-9)10(6-7-12)11(13)14/h2-5,7,10H,6H2,1H3,(H,13,14). The van der Waals surface area contributed by atoms with Crippen molar-refractivity contribution in [2.24, 2.45) is 0 Å². The Kier molecular flexibility index (Phi) is 3.85. The topological polar surface area (TPSA) is 63.6 Å².